The first kappa shape index (κ1) is 18.2. The van der Waals surface area contributed by atoms with E-state index in [-0.39, 0.29) is 17.7 Å². The van der Waals surface area contributed by atoms with E-state index >= 15 is 0 Å². The van der Waals surface area contributed by atoms with Gasteiger partial charge in [0.25, 0.3) is 5.91 Å². The molecule has 1 aliphatic heterocycles. The van der Waals surface area contributed by atoms with Crippen molar-refractivity contribution in [2.75, 3.05) is 13.1 Å². The van der Waals surface area contributed by atoms with Gasteiger partial charge in [0.15, 0.2) is 0 Å². The lowest BCUT2D eigenvalue weighted by Crippen LogP contribution is -2.44. The summed E-state index contributed by atoms with van der Waals surface area (Å²) in [4.78, 5) is 25.9. The molecule has 136 valence electrons. The number of carbonyl (C=O) groups excluding carboxylic acids is 2. The summed E-state index contributed by atoms with van der Waals surface area (Å²) < 4.78 is 0. The molecule has 0 aliphatic carbocycles. The first-order valence-electron chi connectivity index (χ1n) is 9.36. The van der Waals surface area contributed by atoms with Gasteiger partial charge >= 0.3 is 0 Å². The molecule has 0 radical (unpaired) electrons. The van der Waals surface area contributed by atoms with Crippen LogP contribution in [0.3, 0.4) is 0 Å². The number of amides is 2. The molecule has 1 unspecified atom stereocenters. The molecule has 2 aromatic carbocycles. The number of piperidine rings is 1. The van der Waals surface area contributed by atoms with E-state index in [0.29, 0.717) is 18.7 Å². The molecule has 2 aromatic rings. The van der Waals surface area contributed by atoms with Crippen LogP contribution < -0.4 is 5.73 Å². The van der Waals surface area contributed by atoms with Crippen LogP contribution in [0.1, 0.15) is 42.1 Å². The van der Waals surface area contributed by atoms with Crippen molar-refractivity contribution in [2.24, 2.45) is 11.7 Å². The monoisotopic (exact) mass is 350 g/mol. The van der Waals surface area contributed by atoms with E-state index in [4.69, 9.17) is 5.73 Å². The molecule has 1 aliphatic rings. The van der Waals surface area contributed by atoms with Crippen molar-refractivity contribution < 1.29 is 9.59 Å². The molecule has 1 fully saturated rings. The molecule has 3 rings (SSSR count). The number of likely N-dealkylation sites (tertiary alicyclic amines) is 1. The summed E-state index contributed by atoms with van der Waals surface area (Å²) in [5.74, 6) is -0.571. The Labute approximate surface area is 155 Å². The lowest BCUT2D eigenvalue weighted by Gasteiger charge is -2.31. The van der Waals surface area contributed by atoms with Gasteiger partial charge in [-0.15, -0.1) is 0 Å². The Bertz CT molecular complexity index is 766. The summed E-state index contributed by atoms with van der Waals surface area (Å²) in [6.07, 6.45) is 3.83. The number of carbonyl (C=O) groups is 2. The minimum Gasteiger partial charge on any atom is -0.369 e. The maximum Gasteiger partial charge on any atom is 0.253 e. The Morgan fingerprint density at radius 1 is 1.04 bits per heavy atom. The van der Waals surface area contributed by atoms with E-state index in [2.05, 4.69) is 31.2 Å². The van der Waals surface area contributed by atoms with Gasteiger partial charge in [0.2, 0.25) is 5.91 Å². The fourth-order valence-corrected chi connectivity index (χ4v) is 3.53. The third-order valence-corrected chi connectivity index (χ3v) is 5.07. The zero-order chi connectivity index (χ0) is 18.5. The van der Waals surface area contributed by atoms with Crippen LogP contribution in [-0.2, 0) is 11.2 Å². The van der Waals surface area contributed by atoms with E-state index in [9.17, 15) is 9.59 Å². The van der Waals surface area contributed by atoms with E-state index in [1.807, 2.05) is 24.3 Å². The number of nitrogens with two attached hydrogens (primary N) is 1. The fraction of sp³-hybridized carbons (Fsp3) is 0.364. The van der Waals surface area contributed by atoms with Gasteiger partial charge in [-0.3, -0.25) is 9.59 Å². The zero-order valence-corrected chi connectivity index (χ0v) is 15.3. The minimum atomic E-state index is -0.315. The highest BCUT2D eigenvalue weighted by atomic mass is 16.2. The van der Waals surface area contributed by atoms with Crippen molar-refractivity contribution in [2.45, 2.75) is 32.6 Å². The van der Waals surface area contributed by atoms with Crippen molar-refractivity contribution in [1.29, 1.82) is 0 Å². The summed E-state index contributed by atoms with van der Waals surface area (Å²) in [7, 11) is 0. The van der Waals surface area contributed by atoms with Crippen LogP contribution in [0.2, 0.25) is 0 Å². The third kappa shape index (κ3) is 4.13. The Morgan fingerprint density at radius 2 is 1.65 bits per heavy atom. The smallest absolute Gasteiger partial charge is 0.253 e. The van der Waals surface area contributed by atoms with E-state index < -0.39 is 0 Å². The van der Waals surface area contributed by atoms with Crippen LogP contribution >= 0.6 is 0 Å². The molecule has 0 saturated carbocycles. The second kappa shape index (κ2) is 8.17. The van der Waals surface area contributed by atoms with Gasteiger partial charge in [0.1, 0.15) is 0 Å². The van der Waals surface area contributed by atoms with Crippen LogP contribution in [-0.4, -0.2) is 29.8 Å². The maximum absolute atomic E-state index is 12.7. The summed E-state index contributed by atoms with van der Waals surface area (Å²) >= 11 is 0. The van der Waals surface area contributed by atoms with E-state index in [0.717, 1.165) is 36.8 Å². The van der Waals surface area contributed by atoms with E-state index in [1.54, 1.807) is 4.90 Å². The number of primary amides is 1. The van der Waals surface area contributed by atoms with Crippen LogP contribution in [0.4, 0.5) is 0 Å². The van der Waals surface area contributed by atoms with Gasteiger partial charge < -0.3 is 10.6 Å². The van der Waals surface area contributed by atoms with Crippen molar-refractivity contribution in [1.82, 2.24) is 4.90 Å². The number of hydrogen-bond donors (Lipinski definition) is 1. The minimum absolute atomic E-state index is 0.0270. The van der Waals surface area contributed by atoms with Crippen molar-refractivity contribution in [3.8, 4) is 11.1 Å². The van der Waals surface area contributed by atoms with E-state index in [1.165, 1.54) is 5.56 Å². The highest BCUT2D eigenvalue weighted by molar-refractivity contribution is 5.95. The highest BCUT2D eigenvalue weighted by Gasteiger charge is 2.27. The largest absolute Gasteiger partial charge is 0.369 e. The first-order valence-corrected chi connectivity index (χ1v) is 9.36. The molecule has 1 saturated heterocycles. The average molecular weight is 350 g/mol. The summed E-state index contributed by atoms with van der Waals surface area (Å²) in [6, 6.07) is 16.3. The second-order valence-corrected chi connectivity index (χ2v) is 7.02. The zero-order valence-electron chi connectivity index (χ0n) is 15.3. The quantitative estimate of drug-likeness (QED) is 0.895. The van der Waals surface area contributed by atoms with Gasteiger partial charge in [-0.1, -0.05) is 49.7 Å². The molecular formula is C22H26N2O2. The second-order valence-electron chi connectivity index (χ2n) is 7.02. The first-order chi connectivity index (χ1) is 12.6. The molecule has 4 nitrogen and oxygen atoms in total. The van der Waals surface area contributed by atoms with Crippen LogP contribution in [0.15, 0.2) is 48.5 Å². The predicted octanol–water partition coefficient (Wildman–Crippen LogP) is 3.64. The Hall–Kier alpha value is -2.62. The molecule has 1 heterocycles. The van der Waals surface area contributed by atoms with Gasteiger partial charge in [-0.25, -0.2) is 0 Å². The average Bonchev–Trinajstić information content (AvgIpc) is 2.68. The number of benzene rings is 2. The normalized spacial score (nSPS) is 17.1. The molecule has 2 N–H and O–H groups in total. The number of nitrogens with zero attached hydrogens (tertiary/aromatic N) is 1. The molecule has 26 heavy (non-hydrogen) atoms. The summed E-state index contributed by atoms with van der Waals surface area (Å²) in [6.45, 7) is 3.29. The van der Waals surface area contributed by atoms with Crippen molar-refractivity contribution in [3.63, 3.8) is 0 Å². The van der Waals surface area contributed by atoms with Crippen LogP contribution in [0.25, 0.3) is 11.1 Å². The number of aryl methyl sites for hydroxylation is 1. The molecular weight excluding hydrogens is 324 g/mol. The Kier molecular flexibility index (Phi) is 5.71. The summed E-state index contributed by atoms with van der Waals surface area (Å²) in [5.41, 5.74) is 9.65. The van der Waals surface area contributed by atoms with Crippen molar-refractivity contribution >= 4 is 11.8 Å². The Morgan fingerprint density at radius 3 is 2.23 bits per heavy atom. The Balaban J connectivity index is 1.70. The van der Waals surface area contributed by atoms with Gasteiger partial charge in [0.05, 0.1) is 5.92 Å². The lowest BCUT2D eigenvalue weighted by molar-refractivity contribution is -0.123. The topological polar surface area (TPSA) is 63.4 Å². The van der Waals surface area contributed by atoms with Gasteiger partial charge in [0, 0.05) is 18.7 Å². The van der Waals surface area contributed by atoms with Gasteiger partial charge in [-0.05, 0) is 48.1 Å². The fourth-order valence-electron chi connectivity index (χ4n) is 3.53. The highest BCUT2D eigenvalue weighted by Crippen LogP contribution is 2.23. The third-order valence-electron chi connectivity index (χ3n) is 5.07. The van der Waals surface area contributed by atoms with Crippen LogP contribution in [0, 0.1) is 5.92 Å². The van der Waals surface area contributed by atoms with Crippen LogP contribution in [0.5, 0.6) is 0 Å². The molecule has 0 bridgehead atoms. The molecule has 1 atom stereocenters. The number of rotatable bonds is 5. The molecule has 2 amide bonds. The number of hydrogen-bond acceptors (Lipinski definition) is 2. The standard InChI is InChI=1S/C22H26N2O2/c1-2-4-16-6-8-17(9-7-16)18-10-12-19(13-11-18)22(26)24-14-3-5-20(15-24)21(23)25/h6-13,20H,2-5,14-15H2,1H3,(H2,23,25). The van der Waals surface area contributed by atoms with Gasteiger partial charge in [-0.2, -0.15) is 0 Å². The summed E-state index contributed by atoms with van der Waals surface area (Å²) in [5, 5.41) is 0. The maximum atomic E-state index is 12.7. The molecule has 0 aromatic heterocycles. The molecule has 0 spiro atoms. The SMILES string of the molecule is CCCc1ccc(-c2ccc(C(=O)N3CCCC(C(N)=O)C3)cc2)cc1. The molecule has 4 heteroatoms. The lowest BCUT2D eigenvalue weighted by atomic mass is 9.96. The van der Waals surface area contributed by atoms with Crippen molar-refractivity contribution in [3.05, 3.63) is 59.7 Å². The predicted molar refractivity (Wildman–Crippen MR) is 104 cm³/mol.